The van der Waals surface area contributed by atoms with Gasteiger partial charge in [0.2, 0.25) is 10.0 Å². The predicted octanol–water partition coefficient (Wildman–Crippen LogP) is 2.20. The summed E-state index contributed by atoms with van der Waals surface area (Å²) >= 11 is 0. The molecule has 2 rings (SSSR count). The van der Waals surface area contributed by atoms with Gasteiger partial charge in [0.25, 0.3) is 0 Å². The molecular formula is C20H28N4O3S. The molecule has 2 N–H and O–H groups in total. The standard InChI is InChI=1S/C20H28N4O3S/c1-5-22-20(24(3)15-17-10-6-7-12-19(17)27-4)23-14-16-9-8-11-18(13-16)28(25,26)21-2/h6-13,21H,5,14-15H2,1-4H3,(H,22,23). The summed E-state index contributed by atoms with van der Waals surface area (Å²) < 4.78 is 31.7. The number of rotatable bonds is 8. The van der Waals surface area contributed by atoms with E-state index in [-0.39, 0.29) is 4.90 Å². The maximum absolute atomic E-state index is 12.0. The van der Waals surface area contributed by atoms with Crippen LogP contribution in [-0.4, -0.2) is 47.0 Å². The number of nitrogens with one attached hydrogen (secondary N) is 2. The van der Waals surface area contributed by atoms with Gasteiger partial charge in [-0.15, -0.1) is 0 Å². The lowest BCUT2D eigenvalue weighted by atomic mass is 10.2. The maximum Gasteiger partial charge on any atom is 0.240 e. The fourth-order valence-corrected chi connectivity index (χ4v) is 3.53. The number of benzene rings is 2. The molecule has 0 spiro atoms. The van der Waals surface area contributed by atoms with Crippen molar-refractivity contribution in [3.05, 3.63) is 59.7 Å². The van der Waals surface area contributed by atoms with Gasteiger partial charge >= 0.3 is 0 Å². The average molecular weight is 405 g/mol. The number of hydrogen-bond acceptors (Lipinski definition) is 4. The minimum atomic E-state index is -3.47. The third kappa shape index (κ3) is 5.71. The molecule has 0 aromatic heterocycles. The van der Waals surface area contributed by atoms with E-state index in [0.29, 0.717) is 13.1 Å². The summed E-state index contributed by atoms with van der Waals surface area (Å²) in [5.41, 5.74) is 1.87. The van der Waals surface area contributed by atoms with Crippen molar-refractivity contribution < 1.29 is 13.2 Å². The molecule has 0 atom stereocenters. The monoisotopic (exact) mass is 404 g/mol. The van der Waals surface area contributed by atoms with Crippen molar-refractivity contribution in [2.75, 3.05) is 27.7 Å². The highest BCUT2D eigenvalue weighted by Crippen LogP contribution is 2.19. The van der Waals surface area contributed by atoms with Crippen LogP contribution in [0.25, 0.3) is 0 Å². The topological polar surface area (TPSA) is 83.0 Å². The number of guanidine groups is 1. The first-order valence-corrected chi connectivity index (χ1v) is 10.5. The van der Waals surface area contributed by atoms with Crippen LogP contribution in [0, 0.1) is 0 Å². The summed E-state index contributed by atoms with van der Waals surface area (Å²) in [6.45, 7) is 3.73. The van der Waals surface area contributed by atoms with Crippen LogP contribution in [0.1, 0.15) is 18.1 Å². The number of ether oxygens (including phenoxy) is 1. The molecule has 0 saturated carbocycles. The van der Waals surface area contributed by atoms with Gasteiger partial charge in [-0.3, -0.25) is 0 Å². The van der Waals surface area contributed by atoms with Crippen molar-refractivity contribution in [2.24, 2.45) is 4.99 Å². The molecule has 0 saturated heterocycles. The highest BCUT2D eigenvalue weighted by molar-refractivity contribution is 7.89. The van der Waals surface area contributed by atoms with Crippen LogP contribution in [0.15, 0.2) is 58.4 Å². The zero-order valence-electron chi connectivity index (χ0n) is 16.8. The van der Waals surface area contributed by atoms with Crippen molar-refractivity contribution in [1.82, 2.24) is 14.9 Å². The molecule has 0 unspecified atom stereocenters. The van der Waals surface area contributed by atoms with E-state index < -0.39 is 10.0 Å². The Labute approximate surface area is 167 Å². The molecule has 0 aliphatic heterocycles. The maximum atomic E-state index is 12.0. The summed E-state index contributed by atoms with van der Waals surface area (Å²) in [6, 6.07) is 14.7. The molecule has 0 heterocycles. The molecule has 0 amide bonds. The van der Waals surface area contributed by atoms with Crippen LogP contribution < -0.4 is 14.8 Å². The second-order valence-electron chi connectivity index (χ2n) is 6.19. The summed E-state index contributed by atoms with van der Waals surface area (Å²) in [5.74, 6) is 1.56. The smallest absolute Gasteiger partial charge is 0.240 e. The van der Waals surface area contributed by atoms with Crippen LogP contribution in [-0.2, 0) is 23.1 Å². The number of aliphatic imine (C=N–C) groups is 1. The second kappa shape index (κ2) is 10.1. The van der Waals surface area contributed by atoms with Crippen LogP contribution in [0.3, 0.4) is 0 Å². The van der Waals surface area contributed by atoms with Gasteiger partial charge in [-0.2, -0.15) is 0 Å². The molecule has 152 valence electrons. The third-order valence-electron chi connectivity index (χ3n) is 4.19. The van der Waals surface area contributed by atoms with E-state index in [0.717, 1.165) is 29.4 Å². The molecule has 28 heavy (non-hydrogen) atoms. The van der Waals surface area contributed by atoms with Gasteiger partial charge < -0.3 is 15.0 Å². The van der Waals surface area contributed by atoms with Gasteiger partial charge in [-0.05, 0) is 37.7 Å². The first kappa shape index (κ1) is 21.7. The largest absolute Gasteiger partial charge is 0.496 e. The van der Waals surface area contributed by atoms with Gasteiger partial charge in [0.15, 0.2) is 5.96 Å². The number of nitrogens with zero attached hydrogens (tertiary/aromatic N) is 2. The van der Waals surface area contributed by atoms with E-state index >= 15 is 0 Å². The van der Waals surface area contributed by atoms with Crippen LogP contribution >= 0.6 is 0 Å². The molecule has 8 heteroatoms. The number of para-hydroxylation sites is 1. The van der Waals surface area contributed by atoms with Gasteiger partial charge in [0.1, 0.15) is 5.75 Å². The van der Waals surface area contributed by atoms with Crippen molar-refractivity contribution in [2.45, 2.75) is 24.9 Å². The molecule has 2 aromatic carbocycles. The second-order valence-corrected chi connectivity index (χ2v) is 8.08. The molecule has 7 nitrogen and oxygen atoms in total. The summed E-state index contributed by atoms with van der Waals surface area (Å²) in [7, 11) is 1.54. The van der Waals surface area contributed by atoms with Gasteiger partial charge in [0.05, 0.1) is 18.6 Å². The highest BCUT2D eigenvalue weighted by Gasteiger charge is 2.12. The lowest BCUT2D eigenvalue weighted by molar-refractivity contribution is 0.396. The van der Waals surface area contributed by atoms with Crippen LogP contribution in [0.5, 0.6) is 5.75 Å². The Balaban J connectivity index is 2.19. The quantitative estimate of drug-likeness (QED) is 0.521. The zero-order valence-corrected chi connectivity index (χ0v) is 17.6. The fourth-order valence-electron chi connectivity index (χ4n) is 2.73. The Bertz CT molecular complexity index is 913. The van der Waals surface area contributed by atoms with E-state index in [1.807, 2.05) is 49.2 Å². The van der Waals surface area contributed by atoms with Crippen molar-refractivity contribution in [3.8, 4) is 5.75 Å². The van der Waals surface area contributed by atoms with Crippen LogP contribution in [0.2, 0.25) is 0 Å². The number of hydrogen-bond donors (Lipinski definition) is 2. The Morgan fingerprint density at radius 3 is 2.61 bits per heavy atom. The van der Waals surface area contributed by atoms with Gasteiger partial charge in [0, 0.05) is 25.7 Å². The third-order valence-corrected chi connectivity index (χ3v) is 5.60. The minimum Gasteiger partial charge on any atom is -0.496 e. The zero-order chi connectivity index (χ0) is 20.6. The number of sulfonamides is 1. The SMILES string of the molecule is CCNC(=NCc1cccc(S(=O)(=O)NC)c1)N(C)Cc1ccccc1OC. The summed E-state index contributed by atoms with van der Waals surface area (Å²) in [5, 5.41) is 3.27. The van der Waals surface area contributed by atoms with Gasteiger partial charge in [-0.1, -0.05) is 30.3 Å². The molecule has 0 fully saturated rings. The van der Waals surface area contributed by atoms with Gasteiger partial charge in [-0.25, -0.2) is 18.1 Å². The molecule has 0 aliphatic carbocycles. The van der Waals surface area contributed by atoms with Crippen LogP contribution in [0.4, 0.5) is 0 Å². The molecule has 0 bridgehead atoms. The summed E-state index contributed by atoms with van der Waals surface area (Å²) in [4.78, 5) is 6.90. The minimum absolute atomic E-state index is 0.232. The first-order valence-electron chi connectivity index (χ1n) is 9.05. The fraction of sp³-hybridized carbons (Fsp3) is 0.350. The summed E-state index contributed by atoms with van der Waals surface area (Å²) in [6.07, 6.45) is 0. The Kier molecular flexibility index (Phi) is 7.83. The van der Waals surface area contributed by atoms with E-state index in [1.165, 1.54) is 7.05 Å². The predicted molar refractivity (Wildman–Crippen MR) is 112 cm³/mol. The van der Waals surface area contributed by atoms with E-state index in [2.05, 4.69) is 15.0 Å². The lowest BCUT2D eigenvalue weighted by Crippen LogP contribution is -2.38. The normalized spacial score (nSPS) is 11.9. The highest BCUT2D eigenvalue weighted by atomic mass is 32.2. The average Bonchev–Trinajstić information content (AvgIpc) is 2.71. The van der Waals surface area contributed by atoms with E-state index in [1.54, 1.807) is 25.3 Å². The number of methoxy groups -OCH3 is 1. The van der Waals surface area contributed by atoms with E-state index in [9.17, 15) is 8.42 Å². The first-order chi connectivity index (χ1) is 13.4. The van der Waals surface area contributed by atoms with Crippen molar-refractivity contribution >= 4 is 16.0 Å². The Morgan fingerprint density at radius 1 is 1.18 bits per heavy atom. The molecule has 2 aromatic rings. The molecule has 0 radical (unpaired) electrons. The van der Waals surface area contributed by atoms with Crippen molar-refractivity contribution in [3.63, 3.8) is 0 Å². The Morgan fingerprint density at radius 2 is 1.93 bits per heavy atom. The lowest BCUT2D eigenvalue weighted by Gasteiger charge is -2.23. The molecule has 0 aliphatic rings. The molecular weight excluding hydrogens is 376 g/mol. The Hall–Kier alpha value is -2.58. The van der Waals surface area contributed by atoms with Crippen molar-refractivity contribution in [1.29, 1.82) is 0 Å². The van der Waals surface area contributed by atoms with E-state index in [4.69, 9.17) is 4.74 Å².